The van der Waals surface area contributed by atoms with Crippen LogP contribution in [0, 0.1) is 17.8 Å². The molecule has 3 aliphatic rings. The van der Waals surface area contributed by atoms with Gasteiger partial charge in [-0.25, -0.2) is 4.79 Å². The molecule has 1 saturated heterocycles. The maximum Gasteiger partial charge on any atom is 0.332 e. The van der Waals surface area contributed by atoms with Crippen molar-refractivity contribution < 1.29 is 23.9 Å². The monoisotopic (exact) mass is 324 g/mol. The van der Waals surface area contributed by atoms with Crippen molar-refractivity contribution in [1.82, 2.24) is 0 Å². The van der Waals surface area contributed by atoms with Gasteiger partial charge in [-0.2, -0.15) is 0 Å². The lowest BCUT2D eigenvalue weighted by atomic mass is 9.60. The van der Waals surface area contributed by atoms with E-state index in [1.54, 1.807) is 0 Å². The van der Waals surface area contributed by atoms with Gasteiger partial charge >= 0.3 is 5.97 Å². The highest BCUT2D eigenvalue weighted by Gasteiger charge is 2.63. The fourth-order valence-electron chi connectivity index (χ4n) is 4.37. The molecule has 0 radical (unpaired) electrons. The summed E-state index contributed by atoms with van der Waals surface area (Å²) in [6.45, 7) is 8.89. The van der Waals surface area contributed by atoms with Crippen molar-refractivity contribution in [2.45, 2.75) is 51.6 Å². The highest BCUT2D eigenvalue weighted by molar-refractivity contribution is 6.69. The number of carboxylic acids is 1. The van der Waals surface area contributed by atoms with Crippen molar-refractivity contribution in [2.24, 2.45) is 17.8 Å². The molecule has 3 rings (SSSR count). The quantitative estimate of drug-likeness (QED) is 0.803. The topological polar surface area (TPSA) is 72.8 Å². The summed E-state index contributed by atoms with van der Waals surface area (Å²) in [6, 6.07) is 0. The molecule has 1 saturated carbocycles. The Labute approximate surface area is 131 Å². The van der Waals surface area contributed by atoms with E-state index in [0.717, 1.165) is 18.4 Å². The van der Waals surface area contributed by atoms with Crippen LogP contribution >= 0.6 is 0 Å². The minimum Gasteiger partial charge on any atom is -0.478 e. The molecule has 5 nitrogen and oxygen atoms in total. The Balaban J connectivity index is 1.87. The number of carbonyl (C=O) groups excluding carboxylic acids is 1. The van der Waals surface area contributed by atoms with Crippen LogP contribution in [0.1, 0.15) is 19.8 Å². The van der Waals surface area contributed by atoms with Gasteiger partial charge in [-0.1, -0.05) is 0 Å². The second kappa shape index (κ2) is 5.28. The zero-order valence-electron chi connectivity index (χ0n) is 13.6. The first-order valence-electron chi connectivity index (χ1n) is 8.01. The van der Waals surface area contributed by atoms with E-state index in [4.69, 9.17) is 9.16 Å². The van der Waals surface area contributed by atoms with Crippen LogP contribution in [-0.2, 0) is 18.8 Å². The number of hydrogen-bond acceptors (Lipinski definition) is 4. The van der Waals surface area contributed by atoms with Gasteiger partial charge in [0, 0.05) is 24.0 Å². The van der Waals surface area contributed by atoms with E-state index in [2.05, 4.69) is 19.6 Å². The van der Waals surface area contributed by atoms with Crippen LogP contribution < -0.4 is 0 Å². The summed E-state index contributed by atoms with van der Waals surface area (Å²) < 4.78 is 11.9. The van der Waals surface area contributed by atoms with Gasteiger partial charge in [0.2, 0.25) is 0 Å². The standard InChI is InChI=1S/C16H24O5Si/c1-8(21-22(2,3)4)10-13-12(14(10)17)11(16(18)19)9-6-5-7-20-15(9)13/h8,10,12-13,15H,5-7H2,1-4H3,(H,18,19)/t8-,10-,12?,13-,15+/m1/s1. The highest BCUT2D eigenvalue weighted by atomic mass is 28.4. The molecule has 2 fully saturated rings. The van der Waals surface area contributed by atoms with Gasteiger partial charge in [0.15, 0.2) is 8.32 Å². The van der Waals surface area contributed by atoms with Gasteiger partial charge in [-0.05, 0) is 45.0 Å². The molecule has 0 aromatic heterocycles. The lowest BCUT2D eigenvalue weighted by molar-refractivity contribution is -0.155. The predicted molar refractivity (Wildman–Crippen MR) is 83.0 cm³/mol. The SMILES string of the molecule is C[C@@H](O[Si](C)(C)C)[C@H]1C(=O)C2C(C(=O)O)=C3CCCO[C@@H]3[C@@H]21. The number of ether oxygens (including phenoxy) is 1. The van der Waals surface area contributed by atoms with E-state index in [0.29, 0.717) is 12.2 Å². The van der Waals surface area contributed by atoms with E-state index in [1.807, 2.05) is 6.92 Å². The summed E-state index contributed by atoms with van der Waals surface area (Å²) in [7, 11) is -1.74. The number of aliphatic carboxylic acids is 1. The summed E-state index contributed by atoms with van der Waals surface area (Å²) in [5.74, 6) is -1.68. The zero-order valence-corrected chi connectivity index (χ0v) is 14.6. The molecule has 0 aromatic rings. The molecule has 2 aliphatic carbocycles. The summed E-state index contributed by atoms with van der Waals surface area (Å²) >= 11 is 0. The third kappa shape index (κ3) is 2.37. The smallest absolute Gasteiger partial charge is 0.332 e. The van der Waals surface area contributed by atoms with Crippen LogP contribution in [0.5, 0.6) is 0 Å². The van der Waals surface area contributed by atoms with E-state index in [1.165, 1.54) is 0 Å². The van der Waals surface area contributed by atoms with Gasteiger partial charge in [0.1, 0.15) is 5.78 Å². The molecule has 1 unspecified atom stereocenters. The Morgan fingerprint density at radius 2 is 2.09 bits per heavy atom. The number of fused-ring (bicyclic) bond motifs is 3. The van der Waals surface area contributed by atoms with Crippen molar-refractivity contribution in [3.8, 4) is 0 Å². The minimum absolute atomic E-state index is 0.0265. The van der Waals surface area contributed by atoms with Crippen LogP contribution in [0.2, 0.25) is 19.6 Å². The van der Waals surface area contributed by atoms with Crippen molar-refractivity contribution in [2.75, 3.05) is 6.61 Å². The third-order valence-electron chi connectivity index (χ3n) is 4.95. The summed E-state index contributed by atoms with van der Waals surface area (Å²) in [6.07, 6.45) is 1.21. The largest absolute Gasteiger partial charge is 0.478 e. The zero-order chi connectivity index (χ0) is 16.2. The van der Waals surface area contributed by atoms with Crippen LogP contribution in [0.15, 0.2) is 11.1 Å². The number of Topliss-reactive ketones (excluding diaryl/α,β-unsaturated/α-hetero) is 1. The van der Waals surface area contributed by atoms with Crippen molar-refractivity contribution in [3.05, 3.63) is 11.1 Å². The number of rotatable bonds is 4. The van der Waals surface area contributed by atoms with Gasteiger partial charge in [0.05, 0.1) is 18.1 Å². The van der Waals surface area contributed by atoms with E-state index in [9.17, 15) is 14.7 Å². The van der Waals surface area contributed by atoms with Gasteiger partial charge in [-0.3, -0.25) is 4.79 Å². The predicted octanol–water partition coefficient (Wildman–Crippen LogP) is 2.23. The third-order valence-corrected chi connectivity index (χ3v) is 6.03. The van der Waals surface area contributed by atoms with Gasteiger partial charge in [0.25, 0.3) is 0 Å². The molecular formula is C16H24O5Si. The molecule has 0 amide bonds. The molecule has 0 aromatic carbocycles. The summed E-state index contributed by atoms with van der Waals surface area (Å²) in [5, 5.41) is 9.51. The Morgan fingerprint density at radius 1 is 1.41 bits per heavy atom. The number of hydrogen-bond donors (Lipinski definition) is 1. The molecule has 122 valence electrons. The second-order valence-electron chi connectivity index (χ2n) is 7.56. The fourth-order valence-corrected chi connectivity index (χ4v) is 5.63. The van der Waals surface area contributed by atoms with Crippen molar-refractivity contribution >= 4 is 20.1 Å². The molecule has 0 spiro atoms. The normalized spacial score (nSPS) is 35.7. The van der Waals surface area contributed by atoms with Crippen LogP contribution in [0.25, 0.3) is 0 Å². The van der Waals surface area contributed by atoms with Crippen LogP contribution in [-0.4, -0.2) is 44.0 Å². The van der Waals surface area contributed by atoms with E-state index in [-0.39, 0.29) is 29.8 Å². The molecular weight excluding hydrogens is 300 g/mol. The molecule has 0 bridgehead atoms. The summed E-state index contributed by atoms with van der Waals surface area (Å²) in [5.41, 5.74) is 1.17. The molecule has 6 heteroatoms. The fraction of sp³-hybridized carbons (Fsp3) is 0.750. The molecule has 5 atom stereocenters. The molecule has 1 aliphatic heterocycles. The molecule has 1 heterocycles. The first kappa shape index (κ1) is 15.9. The lowest BCUT2D eigenvalue weighted by Gasteiger charge is -2.46. The number of carboxylic acid groups (broad SMARTS) is 1. The first-order valence-corrected chi connectivity index (χ1v) is 11.4. The summed E-state index contributed by atoms with van der Waals surface area (Å²) in [4.78, 5) is 24.2. The van der Waals surface area contributed by atoms with Crippen molar-refractivity contribution in [3.63, 3.8) is 0 Å². The number of ketones is 1. The maximum atomic E-state index is 12.6. The maximum absolute atomic E-state index is 12.6. The minimum atomic E-state index is -1.74. The van der Waals surface area contributed by atoms with E-state index < -0.39 is 20.2 Å². The average molecular weight is 324 g/mol. The lowest BCUT2D eigenvalue weighted by Crippen LogP contribution is -2.57. The Morgan fingerprint density at radius 3 is 2.68 bits per heavy atom. The van der Waals surface area contributed by atoms with Gasteiger partial charge in [-0.15, -0.1) is 0 Å². The average Bonchev–Trinajstić information content (AvgIpc) is 2.68. The Hall–Kier alpha value is -0.983. The van der Waals surface area contributed by atoms with Crippen LogP contribution in [0.4, 0.5) is 0 Å². The van der Waals surface area contributed by atoms with Crippen molar-refractivity contribution in [1.29, 1.82) is 0 Å². The van der Waals surface area contributed by atoms with Gasteiger partial charge < -0.3 is 14.3 Å². The Kier molecular flexibility index (Phi) is 3.82. The second-order valence-corrected chi connectivity index (χ2v) is 12.0. The Bertz CT molecular complexity index is 547. The number of carbonyl (C=O) groups is 2. The van der Waals surface area contributed by atoms with Crippen LogP contribution in [0.3, 0.4) is 0 Å². The molecule has 22 heavy (non-hydrogen) atoms. The first-order chi connectivity index (χ1) is 10.2. The highest BCUT2D eigenvalue weighted by Crippen LogP contribution is 2.56. The van der Waals surface area contributed by atoms with E-state index >= 15 is 0 Å². The molecule has 1 N–H and O–H groups in total.